The van der Waals surface area contributed by atoms with E-state index in [1.165, 1.54) is 14.2 Å². The zero-order valence-electron chi connectivity index (χ0n) is 14.2. The summed E-state index contributed by atoms with van der Waals surface area (Å²) in [5.41, 5.74) is 1.23. The lowest BCUT2D eigenvalue weighted by atomic mass is 10.2. The minimum absolute atomic E-state index is 0.276. The second kappa shape index (κ2) is 7.06. The van der Waals surface area contributed by atoms with Gasteiger partial charge in [-0.05, 0) is 18.2 Å². The van der Waals surface area contributed by atoms with Crippen molar-refractivity contribution < 1.29 is 14.3 Å². The number of methoxy groups -OCH3 is 2. The SMILES string of the molecule is COc1cc(OC)c(NC(=O)N2CCN(C)c3ncccc32)cc1Cl. The lowest BCUT2D eigenvalue weighted by molar-refractivity contribution is 0.256. The van der Waals surface area contributed by atoms with Crippen molar-refractivity contribution in [3.8, 4) is 11.5 Å². The molecule has 2 aromatic rings. The molecule has 1 aromatic heterocycles. The fourth-order valence-electron chi connectivity index (χ4n) is 2.72. The van der Waals surface area contributed by atoms with Crippen molar-refractivity contribution in [2.24, 2.45) is 0 Å². The minimum atomic E-state index is -0.276. The van der Waals surface area contributed by atoms with Gasteiger partial charge in [-0.1, -0.05) is 11.6 Å². The van der Waals surface area contributed by atoms with Crippen LogP contribution < -0.4 is 24.6 Å². The van der Waals surface area contributed by atoms with E-state index in [4.69, 9.17) is 21.1 Å². The van der Waals surface area contributed by atoms with Crippen LogP contribution in [0.4, 0.5) is 22.0 Å². The van der Waals surface area contributed by atoms with Crippen molar-refractivity contribution in [3.63, 3.8) is 0 Å². The van der Waals surface area contributed by atoms with Crippen molar-refractivity contribution in [3.05, 3.63) is 35.5 Å². The molecular formula is C17H19ClN4O3. The highest BCUT2D eigenvalue weighted by molar-refractivity contribution is 6.32. The average Bonchev–Trinajstić information content (AvgIpc) is 2.62. The average molecular weight is 363 g/mol. The number of likely N-dealkylation sites (N-methyl/N-ethyl adjacent to an activating group) is 1. The molecule has 0 aliphatic carbocycles. The van der Waals surface area contributed by atoms with Gasteiger partial charge < -0.3 is 19.7 Å². The van der Waals surface area contributed by atoms with Crippen LogP contribution in [0.2, 0.25) is 5.02 Å². The van der Waals surface area contributed by atoms with Gasteiger partial charge in [0.1, 0.15) is 11.5 Å². The summed E-state index contributed by atoms with van der Waals surface area (Å²) < 4.78 is 10.5. The molecule has 1 aliphatic heterocycles. The number of ether oxygens (including phenoxy) is 2. The number of hydrogen-bond acceptors (Lipinski definition) is 5. The van der Waals surface area contributed by atoms with E-state index in [0.717, 1.165) is 11.5 Å². The molecule has 1 N–H and O–H groups in total. The van der Waals surface area contributed by atoms with E-state index in [-0.39, 0.29) is 6.03 Å². The standard InChI is InChI=1S/C17H19ClN4O3/c1-21-7-8-22(13-5-4-6-19-16(13)21)17(23)20-12-9-11(18)14(24-2)10-15(12)25-3/h4-6,9-10H,7-8H2,1-3H3,(H,20,23). The zero-order valence-corrected chi connectivity index (χ0v) is 15.0. The van der Waals surface area contributed by atoms with E-state index in [2.05, 4.69) is 10.3 Å². The van der Waals surface area contributed by atoms with Gasteiger partial charge in [-0.25, -0.2) is 9.78 Å². The predicted octanol–water partition coefficient (Wildman–Crippen LogP) is 3.24. The molecule has 0 saturated carbocycles. The quantitative estimate of drug-likeness (QED) is 0.907. The molecule has 2 amide bonds. The highest BCUT2D eigenvalue weighted by atomic mass is 35.5. The first-order chi connectivity index (χ1) is 12.0. The van der Waals surface area contributed by atoms with E-state index in [0.29, 0.717) is 35.3 Å². The second-order valence-corrected chi connectivity index (χ2v) is 5.94. The van der Waals surface area contributed by atoms with E-state index in [9.17, 15) is 4.79 Å². The molecule has 0 unspecified atom stereocenters. The number of hydrogen-bond donors (Lipinski definition) is 1. The minimum Gasteiger partial charge on any atom is -0.495 e. The second-order valence-electron chi connectivity index (χ2n) is 5.54. The molecule has 132 valence electrons. The van der Waals surface area contributed by atoms with Crippen LogP contribution in [0.1, 0.15) is 0 Å². The topological polar surface area (TPSA) is 66.9 Å². The summed E-state index contributed by atoms with van der Waals surface area (Å²) in [6.07, 6.45) is 1.71. The van der Waals surface area contributed by atoms with Gasteiger partial charge in [-0.15, -0.1) is 0 Å². The van der Waals surface area contributed by atoms with Crippen molar-refractivity contribution in [2.75, 3.05) is 49.5 Å². The number of nitrogens with zero attached hydrogens (tertiary/aromatic N) is 3. The Bertz CT molecular complexity index is 799. The van der Waals surface area contributed by atoms with Gasteiger partial charge in [0.05, 0.1) is 30.6 Å². The van der Waals surface area contributed by atoms with Gasteiger partial charge in [0.2, 0.25) is 0 Å². The van der Waals surface area contributed by atoms with Crippen molar-refractivity contribution in [1.82, 2.24) is 4.98 Å². The van der Waals surface area contributed by atoms with Gasteiger partial charge in [-0.2, -0.15) is 0 Å². The number of halogens is 1. The molecule has 1 aliphatic rings. The van der Waals surface area contributed by atoms with E-state index < -0.39 is 0 Å². The number of urea groups is 1. The van der Waals surface area contributed by atoms with Crippen LogP contribution in [0, 0.1) is 0 Å². The summed E-state index contributed by atoms with van der Waals surface area (Å²) in [6, 6.07) is 6.65. The number of rotatable bonds is 3. The number of carbonyl (C=O) groups is 1. The van der Waals surface area contributed by atoms with Crippen LogP contribution in [0.3, 0.4) is 0 Å². The lowest BCUT2D eigenvalue weighted by Gasteiger charge is -2.34. The molecule has 0 radical (unpaired) electrons. The van der Waals surface area contributed by atoms with Gasteiger partial charge in [0.25, 0.3) is 0 Å². The summed E-state index contributed by atoms with van der Waals surface area (Å²) in [5.74, 6) is 1.71. The molecular weight excluding hydrogens is 344 g/mol. The molecule has 0 bridgehead atoms. The Hall–Kier alpha value is -2.67. The van der Waals surface area contributed by atoms with Crippen molar-refractivity contribution >= 4 is 34.8 Å². The lowest BCUT2D eigenvalue weighted by Crippen LogP contribution is -2.45. The maximum Gasteiger partial charge on any atom is 0.326 e. The third kappa shape index (κ3) is 3.28. The molecule has 0 atom stereocenters. The monoisotopic (exact) mass is 362 g/mol. The number of benzene rings is 1. The number of amides is 2. The van der Waals surface area contributed by atoms with Gasteiger partial charge in [0.15, 0.2) is 5.82 Å². The molecule has 2 heterocycles. The van der Waals surface area contributed by atoms with Crippen LogP contribution in [0.25, 0.3) is 0 Å². The summed E-state index contributed by atoms with van der Waals surface area (Å²) in [5, 5.41) is 3.24. The Labute approximate surface area is 151 Å². The number of carbonyl (C=O) groups excluding carboxylic acids is 1. The fraction of sp³-hybridized carbons (Fsp3) is 0.294. The maximum absolute atomic E-state index is 12.8. The summed E-state index contributed by atoms with van der Waals surface area (Å²) in [7, 11) is 4.99. The highest BCUT2D eigenvalue weighted by Crippen LogP contribution is 2.37. The van der Waals surface area contributed by atoms with Crippen LogP contribution in [0.15, 0.2) is 30.5 Å². The number of aromatic nitrogens is 1. The Kier molecular flexibility index (Phi) is 4.85. The number of pyridine rings is 1. The molecule has 25 heavy (non-hydrogen) atoms. The third-order valence-electron chi connectivity index (χ3n) is 4.04. The molecule has 0 saturated heterocycles. The number of fused-ring (bicyclic) bond motifs is 1. The maximum atomic E-state index is 12.8. The van der Waals surface area contributed by atoms with Gasteiger partial charge >= 0.3 is 6.03 Å². The fourth-order valence-corrected chi connectivity index (χ4v) is 2.96. The molecule has 8 heteroatoms. The normalized spacial score (nSPS) is 13.3. The first-order valence-corrected chi connectivity index (χ1v) is 8.09. The van der Waals surface area contributed by atoms with Gasteiger partial charge in [-0.3, -0.25) is 4.90 Å². The Morgan fingerprint density at radius 1 is 1.24 bits per heavy atom. The van der Waals surface area contributed by atoms with Crippen LogP contribution >= 0.6 is 11.6 Å². The Morgan fingerprint density at radius 2 is 2.00 bits per heavy atom. The molecule has 1 aromatic carbocycles. The summed E-state index contributed by atoms with van der Waals surface area (Å²) >= 11 is 6.17. The predicted molar refractivity (Wildman–Crippen MR) is 98.4 cm³/mol. The van der Waals surface area contributed by atoms with E-state index >= 15 is 0 Å². The number of nitrogens with one attached hydrogen (secondary N) is 1. The summed E-state index contributed by atoms with van der Waals surface area (Å²) in [4.78, 5) is 20.8. The highest BCUT2D eigenvalue weighted by Gasteiger charge is 2.26. The molecule has 3 rings (SSSR count). The van der Waals surface area contributed by atoms with Crippen molar-refractivity contribution in [1.29, 1.82) is 0 Å². The molecule has 0 spiro atoms. The first-order valence-electron chi connectivity index (χ1n) is 7.71. The molecule has 0 fully saturated rings. The largest absolute Gasteiger partial charge is 0.495 e. The van der Waals surface area contributed by atoms with Crippen LogP contribution in [0.5, 0.6) is 11.5 Å². The van der Waals surface area contributed by atoms with Crippen molar-refractivity contribution in [2.45, 2.75) is 0 Å². The van der Waals surface area contributed by atoms with E-state index in [1.54, 1.807) is 23.2 Å². The summed E-state index contributed by atoms with van der Waals surface area (Å²) in [6.45, 7) is 1.24. The zero-order chi connectivity index (χ0) is 18.0. The van der Waals surface area contributed by atoms with E-state index in [1.807, 2.05) is 24.1 Å². The Morgan fingerprint density at radius 3 is 2.72 bits per heavy atom. The third-order valence-corrected chi connectivity index (χ3v) is 4.33. The number of anilines is 3. The smallest absolute Gasteiger partial charge is 0.326 e. The first kappa shape index (κ1) is 17.2. The molecule has 7 nitrogen and oxygen atoms in total. The van der Waals surface area contributed by atoms with Crippen LogP contribution in [-0.2, 0) is 0 Å². The van der Waals surface area contributed by atoms with Crippen LogP contribution in [-0.4, -0.2) is 45.4 Å². The van der Waals surface area contributed by atoms with Gasteiger partial charge in [0, 0.05) is 32.4 Å². The Balaban J connectivity index is 1.89.